The predicted octanol–water partition coefficient (Wildman–Crippen LogP) is 3.13. The molecule has 1 aromatic rings. The van der Waals surface area contributed by atoms with Gasteiger partial charge in [0.25, 0.3) is 0 Å². The standard InChI is InChI=1S/C13H18BrNO/c1-16-12-3-2-11(14)8-10(12)4-5-13(9-15)6-7-13/h2-3,8H,4-7,9,15H2,1H3. The topological polar surface area (TPSA) is 35.2 Å². The monoisotopic (exact) mass is 283 g/mol. The Bertz CT molecular complexity index is 374. The van der Waals surface area contributed by atoms with Crippen molar-refractivity contribution in [2.45, 2.75) is 25.7 Å². The highest BCUT2D eigenvalue weighted by molar-refractivity contribution is 9.10. The predicted molar refractivity (Wildman–Crippen MR) is 69.7 cm³/mol. The van der Waals surface area contributed by atoms with E-state index >= 15 is 0 Å². The summed E-state index contributed by atoms with van der Waals surface area (Å²) in [6, 6.07) is 6.17. The van der Waals surface area contributed by atoms with Crippen LogP contribution in [0.1, 0.15) is 24.8 Å². The van der Waals surface area contributed by atoms with Gasteiger partial charge in [-0.1, -0.05) is 15.9 Å². The quantitative estimate of drug-likeness (QED) is 0.901. The van der Waals surface area contributed by atoms with E-state index in [1.807, 2.05) is 12.1 Å². The summed E-state index contributed by atoms with van der Waals surface area (Å²) in [6.45, 7) is 0.823. The van der Waals surface area contributed by atoms with Gasteiger partial charge in [0.1, 0.15) is 5.75 Å². The normalized spacial score (nSPS) is 17.2. The number of hydrogen-bond donors (Lipinski definition) is 1. The summed E-state index contributed by atoms with van der Waals surface area (Å²) < 4.78 is 6.48. The van der Waals surface area contributed by atoms with Crippen molar-refractivity contribution in [3.8, 4) is 5.75 Å². The van der Waals surface area contributed by atoms with Gasteiger partial charge in [-0.3, -0.25) is 0 Å². The highest BCUT2D eigenvalue weighted by atomic mass is 79.9. The van der Waals surface area contributed by atoms with E-state index in [9.17, 15) is 0 Å². The summed E-state index contributed by atoms with van der Waals surface area (Å²) in [5, 5.41) is 0. The average Bonchev–Trinajstić information content (AvgIpc) is 3.07. The van der Waals surface area contributed by atoms with Crippen LogP contribution in [0.25, 0.3) is 0 Å². The second-order valence-corrected chi connectivity index (χ2v) is 5.58. The number of nitrogens with two attached hydrogens (primary N) is 1. The molecule has 1 fully saturated rings. The van der Waals surface area contributed by atoms with E-state index in [1.165, 1.54) is 24.8 Å². The molecule has 0 bridgehead atoms. The number of aryl methyl sites for hydroxylation is 1. The molecule has 0 radical (unpaired) electrons. The summed E-state index contributed by atoms with van der Waals surface area (Å²) in [4.78, 5) is 0. The van der Waals surface area contributed by atoms with Gasteiger partial charge in [-0.15, -0.1) is 0 Å². The third-order valence-corrected chi connectivity index (χ3v) is 4.05. The van der Waals surface area contributed by atoms with Gasteiger partial charge in [-0.2, -0.15) is 0 Å². The number of methoxy groups -OCH3 is 1. The Labute approximate surface area is 105 Å². The third-order valence-electron chi connectivity index (χ3n) is 3.56. The van der Waals surface area contributed by atoms with E-state index in [-0.39, 0.29) is 0 Å². The van der Waals surface area contributed by atoms with Gasteiger partial charge in [0, 0.05) is 4.47 Å². The maximum absolute atomic E-state index is 5.79. The average molecular weight is 284 g/mol. The Morgan fingerprint density at radius 2 is 2.19 bits per heavy atom. The lowest BCUT2D eigenvalue weighted by Crippen LogP contribution is -2.16. The van der Waals surface area contributed by atoms with E-state index < -0.39 is 0 Å². The molecule has 0 aromatic heterocycles. The number of halogens is 1. The van der Waals surface area contributed by atoms with Gasteiger partial charge in [0.15, 0.2) is 0 Å². The number of rotatable bonds is 5. The fraction of sp³-hybridized carbons (Fsp3) is 0.538. The molecule has 0 heterocycles. The Kier molecular flexibility index (Phi) is 3.55. The van der Waals surface area contributed by atoms with Crippen molar-refractivity contribution < 1.29 is 4.74 Å². The largest absolute Gasteiger partial charge is 0.496 e. The maximum Gasteiger partial charge on any atom is 0.122 e. The zero-order chi connectivity index (χ0) is 11.6. The molecule has 1 aromatic carbocycles. The summed E-state index contributed by atoms with van der Waals surface area (Å²) in [7, 11) is 1.72. The van der Waals surface area contributed by atoms with Gasteiger partial charge in [0.05, 0.1) is 7.11 Å². The minimum absolute atomic E-state index is 0.438. The van der Waals surface area contributed by atoms with Gasteiger partial charge in [-0.25, -0.2) is 0 Å². The minimum atomic E-state index is 0.438. The van der Waals surface area contributed by atoms with Gasteiger partial charge < -0.3 is 10.5 Å². The van der Waals surface area contributed by atoms with Crippen molar-refractivity contribution >= 4 is 15.9 Å². The van der Waals surface area contributed by atoms with Crippen LogP contribution in [0.2, 0.25) is 0 Å². The van der Waals surface area contributed by atoms with Gasteiger partial charge in [-0.05, 0) is 61.4 Å². The summed E-state index contributed by atoms with van der Waals surface area (Å²) in [5.74, 6) is 0.982. The molecule has 2 N–H and O–H groups in total. The van der Waals surface area contributed by atoms with Crippen LogP contribution in [-0.4, -0.2) is 13.7 Å². The minimum Gasteiger partial charge on any atom is -0.496 e. The molecular formula is C13H18BrNO. The molecule has 0 unspecified atom stereocenters. The first kappa shape index (κ1) is 11.9. The van der Waals surface area contributed by atoms with Gasteiger partial charge in [0.2, 0.25) is 0 Å². The lowest BCUT2D eigenvalue weighted by molar-refractivity contribution is 0.404. The van der Waals surface area contributed by atoms with Gasteiger partial charge >= 0.3 is 0 Å². The Hall–Kier alpha value is -0.540. The Balaban J connectivity index is 2.05. The first-order valence-corrected chi connectivity index (χ1v) is 6.51. The maximum atomic E-state index is 5.79. The third kappa shape index (κ3) is 2.58. The molecule has 0 spiro atoms. The molecule has 1 saturated carbocycles. The second kappa shape index (κ2) is 4.76. The molecule has 0 atom stereocenters. The molecule has 2 nitrogen and oxygen atoms in total. The van der Waals surface area contributed by atoms with E-state index in [0.29, 0.717) is 5.41 Å². The van der Waals surface area contributed by atoms with Crippen LogP contribution in [0.3, 0.4) is 0 Å². The highest BCUT2D eigenvalue weighted by Gasteiger charge is 2.40. The number of ether oxygens (including phenoxy) is 1. The summed E-state index contributed by atoms with van der Waals surface area (Å²) in [6.07, 6.45) is 4.82. The Morgan fingerprint density at radius 1 is 1.44 bits per heavy atom. The molecule has 88 valence electrons. The molecule has 2 rings (SSSR count). The second-order valence-electron chi connectivity index (χ2n) is 4.66. The van der Waals surface area contributed by atoms with E-state index in [4.69, 9.17) is 10.5 Å². The van der Waals surface area contributed by atoms with E-state index in [1.54, 1.807) is 7.11 Å². The van der Waals surface area contributed by atoms with Crippen LogP contribution < -0.4 is 10.5 Å². The molecule has 0 saturated heterocycles. The lowest BCUT2D eigenvalue weighted by Gasteiger charge is -2.14. The fourth-order valence-corrected chi connectivity index (χ4v) is 2.48. The fourth-order valence-electron chi connectivity index (χ4n) is 2.08. The van der Waals surface area contributed by atoms with Crippen LogP contribution in [0.15, 0.2) is 22.7 Å². The van der Waals surface area contributed by atoms with Crippen molar-refractivity contribution in [1.29, 1.82) is 0 Å². The number of benzene rings is 1. The van der Waals surface area contributed by atoms with Crippen LogP contribution in [0.5, 0.6) is 5.75 Å². The number of hydrogen-bond acceptors (Lipinski definition) is 2. The smallest absolute Gasteiger partial charge is 0.122 e. The summed E-state index contributed by atoms with van der Waals surface area (Å²) >= 11 is 3.50. The molecule has 1 aliphatic rings. The van der Waals surface area contributed by atoms with E-state index in [0.717, 1.165) is 23.2 Å². The van der Waals surface area contributed by atoms with Crippen LogP contribution >= 0.6 is 15.9 Å². The molecular weight excluding hydrogens is 266 g/mol. The molecule has 3 heteroatoms. The SMILES string of the molecule is COc1ccc(Br)cc1CCC1(CN)CC1. The first-order valence-electron chi connectivity index (χ1n) is 5.72. The van der Waals surface area contributed by atoms with Crippen LogP contribution in [0, 0.1) is 5.41 Å². The zero-order valence-electron chi connectivity index (χ0n) is 9.63. The molecule has 0 amide bonds. The molecule has 16 heavy (non-hydrogen) atoms. The first-order chi connectivity index (χ1) is 7.69. The van der Waals surface area contributed by atoms with Crippen molar-refractivity contribution in [3.63, 3.8) is 0 Å². The molecule has 1 aliphatic carbocycles. The lowest BCUT2D eigenvalue weighted by atomic mass is 9.96. The zero-order valence-corrected chi connectivity index (χ0v) is 11.2. The van der Waals surface area contributed by atoms with Crippen molar-refractivity contribution in [3.05, 3.63) is 28.2 Å². The van der Waals surface area contributed by atoms with E-state index in [2.05, 4.69) is 22.0 Å². The summed E-state index contributed by atoms with van der Waals surface area (Å²) in [5.41, 5.74) is 7.51. The molecule has 0 aliphatic heterocycles. The highest BCUT2D eigenvalue weighted by Crippen LogP contribution is 2.48. The van der Waals surface area contributed by atoms with Crippen molar-refractivity contribution in [1.82, 2.24) is 0 Å². The van der Waals surface area contributed by atoms with Crippen molar-refractivity contribution in [2.75, 3.05) is 13.7 Å². The Morgan fingerprint density at radius 3 is 2.75 bits per heavy atom. The van der Waals surface area contributed by atoms with Crippen LogP contribution in [0.4, 0.5) is 0 Å². The van der Waals surface area contributed by atoms with Crippen molar-refractivity contribution in [2.24, 2.45) is 11.1 Å². The van der Waals surface area contributed by atoms with Crippen LogP contribution in [-0.2, 0) is 6.42 Å².